The normalized spacial score (nSPS) is 27.6. The lowest BCUT2D eigenvalue weighted by atomic mass is 9.98. The minimum atomic E-state index is -0.475. The van der Waals surface area contributed by atoms with Crippen molar-refractivity contribution in [3.05, 3.63) is 0 Å². The standard InChI is InChI=1S/C13H20O5/c1-16-13(15)12-10(18-12)7-8-11(14)17-9-5-3-2-4-6-9/h9-10,12H,2-8H2,1H3. The largest absolute Gasteiger partial charge is 0.467 e. The lowest BCUT2D eigenvalue weighted by molar-refractivity contribution is -0.150. The van der Waals surface area contributed by atoms with E-state index in [-0.39, 0.29) is 24.1 Å². The van der Waals surface area contributed by atoms with Crippen LogP contribution in [0.3, 0.4) is 0 Å². The van der Waals surface area contributed by atoms with Gasteiger partial charge in [-0.1, -0.05) is 6.42 Å². The first-order valence-electron chi connectivity index (χ1n) is 6.63. The highest BCUT2D eigenvalue weighted by Crippen LogP contribution is 2.28. The molecule has 1 saturated heterocycles. The molecule has 2 fully saturated rings. The number of ether oxygens (including phenoxy) is 3. The van der Waals surface area contributed by atoms with Crippen molar-refractivity contribution in [3.8, 4) is 0 Å². The Labute approximate surface area is 107 Å². The molecule has 0 amide bonds. The highest BCUT2D eigenvalue weighted by Gasteiger charge is 2.45. The summed E-state index contributed by atoms with van der Waals surface area (Å²) in [5.74, 6) is -0.540. The summed E-state index contributed by atoms with van der Waals surface area (Å²) in [4.78, 5) is 22.7. The fraction of sp³-hybridized carbons (Fsp3) is 0.846. The molecule has 102 valence electrons. The summed E-state index contributed by atoms with van der Waals surface area (Å²) < 4.78 is 15.1. The van der Waals surface area contributed by atoms with E-state index in [1.807, 2.05) is 0 Å². The molecule has 0 N–H and O–H groups in total. The van der Waals surface area contributed by atoms with Gasteiger partial charge in [0.15, 0.2) is 6.10 Å². The molecule has 0 bridgehead atoms. The van der Waals surface area contributed by atoms with Crippen molar-refractivity contribution in [2.75, 3.05) is 7.11 Å². The minimum Gasteiger partial charge on any atom is -0.467 e. The number of hydrogen-bond acceptors (Lipinski definition) is 5. The Bertz CT molecular complexity index is 309. The van der Waals surface area contributed by atoms with E-state index >= 15 is 0 Å². The van der Waals surface area contributed by atoms with Crippen LogP contribution in [0, 0.1) is 0 Å². The zero-order valence-electron chi connectivity index (χ0n) is 10.7. The van der Waals surface area contributed by atoms with E-state index < -0.39 is 6.10 Å². The summed E-state index contributed by atoms with van der Waals surface area (Å²) in [5.41, 5.74) is 0. The fourth-order valence-corrected chi connectivity index (χ4v) is 2.37. The fourth-order valence-electron chi connectivity index (χ4n) is 2.37. The van der Waals surface area contributed by atoms with Crippen LogP contribution in [0.2, 0.25) is 0 Å². The van der Waals surface area contributed by atoms with Crippen molar-refractivity contribution in [1.29, 1.82) is 0 Å². The number of hydrogen-bond donors (Lipinski definition) is 0. The minimum absolute atomic E-state index is 0.0998. The van der Waals surface area contributed by atoms with Crippen LogP contribution >= 0.6 is 0 Å². The maximum absolute atomic E-state index is 11.6. The third-order valence-electron chi connectivity index (χ3n) is 3.50. The summed E-state index contributed by atoms with van der Waals surface area (Å²) in [6, 6.07) is 0. The Kier molecular flexibility index (Phi) is 4.58. The second-order valence-corrected chi connectivity index (χ2v) is 4.91. The molecular weight excluding hydrogens is 236 g/mol. The van der Waals surface area contributed by atoms with Crippen molar-refractivity contribution in [3.63, 3.8) is 0 Å². The lowest BCUT2D eigenvalue weighted by Crippen LogP contribution is -2.21. The Morgan fingerprint density at radius 3 is 2.61 bits per heavy atom. The van der Waals surface area contributed by atoms with E-state index in [0.29, 0.717) is 12.8 Å². The Balaban J connectivity index is 1.59. The van der Waals surface area contributed by atoms with Gasteiger partial charge in [0.1, 0.15) is 6.10 Å². The maximum atomic E-state index is 11.6. The number of esters is 2. The van der Waals surface area contributed by atoms with Gasteiger partial charge in [0.05, 0.1) is 13.2 Å². The molecule has 2 rings (SSSR count). The molecule has 1 aliphatic carbocycles. The van der Waals surface area contributed by atoms with Gasteiger partial charge in [-0.15, -0.1) is 0 Å². The molecule has 0 aromatic rings. The SMILES string of the molecule is COC(=O)C1OC1CCC(=O)OC1CCCCC1. The van der Waals surface area contributed by atoms with E-state index in [2.05, 4.69) is 4.74 Å². The molecule has 2 aliphatic rings. The Morgan fingerprint density at radius 1 is 1.22 bits per heavy atom. The van der Waals surface area contributed by atoms with Crippen molar-refractivity contribution in [2.24, 2.45) is 0 Å². The molecular formula is C13H20O5. The summed E-state index contributed by atoms with van der Waals surface area (Å²) in [6.45, 7) is 0. The molecule has 1 heterocycles. The number of carbonyl (C=O) groups excluding carboxylic acids is 2. The van der Waals surface area contributed by atoms with E-state index in [9.17, 15) is 9.59 Å². The second-order valence-electron chi connectivity index (χ2n) is 4.91. The van der Waals surface area contributed by atoms with Crippen LogP contribution in [0.5, 0.6) is 0 Å². The molecule has 2 atom stereocenters. The van der Waals surface area contributed by atoms with Crippen LogP contribution < -0.4 is 0 Å². The Morgan fingerprint density at radius 2 is 1.94 bits per heavy atom. The quantitative estimate of drug-likeness (QED) is 0.552. The first-order chi connectivity index (χ1) is 8.70. The molecule has 5 heteroatoms. The number of rotatable bonds is 5. The van der Waals surface area contributed by atoms with Gasteiger partial charge in [-0.05, 0) is 32.1 Å². The van der Waals surface area contributed by atoms with E-state index in [4.69, 9.17) is 9.47 Å². The first-order valence-corrected chi connectivity index (χ1v) is 6.63. The first kappa shape index (κ1) is 13.3. The maximum Gasteiger partial charge on any atom is 0.337 e. The smallest absolute Gasteiger partial charge is 0.337 e. The topological polar surface area (TPSA) is 65.1 Å². The molecule has 5 nitrogen and oxygen atoms in total. The highest BCUT2D eigenvalue weighted by molar-refractivity contribution is 5.78. The zero-order valence-corrected chi connectivity index (χ0v) is 10.7. The van der Waals surface area contributed by atoms with E-state index in [1.54, 1.807) is 0 Å². The van der Waals surface area contributed by atoms with Crippen molar-refractivity contribution >= 4 is 11.9 Å². The predicted molar refractivity (Wildman–Crippen MR) is 62.9 cm³/mol. The molecule has 0 radical (unpaired) electrons. The molecule has 2 unspecified atom stereocenters. The predicted octanol–water partition coefficient (Wildman–Crippen LogP) is 1.58. The van der Waals surface area contributed by atoms with Crippen LogP contribution in [-0.4, -0.2) is 37.4 Å². The van der Waals surface area contributed by atoms with Gasteiger partial charge in [0.25, 0.3) is 0 Å². The second kappa shape index (κ2) is 6.18. The Hall–Kier alpha value is -1.10. The molecule has 18 heavy (non-hydrogen) atoms. The van der Waals surface area contributed by atoms with E-state index in [1.165, 1.54) is 13.5 Å². The molecule has 0 aromatic carbocycles. The van der Waals surface area contributed by atoms with E-state index in [0.717, 1.165) is 25.7 Å². The van der Waals surface area contributed by atoms with Crippen molar-refractivity contribution in [1.82, 2.24) is 0 Å². The molecule has 0 aromatic heterocycles. The van der Waals surface area contributed by atoms with Crippen LogP contribution in [0.15, 0.2) is 0 Å². The van der Waals surface area contributed by atoms with Gasteiger partial charge in [-0.25, -0.2) is 4.79 Å². The average molecular weight is 256 g/mol. The van der Waals surface area contributed by atoms with Gasteiger partial charge in [0.2, 0.25) is 0 Å². The van der Waals surface area contributed by atoms with Gasteiger partial charge in [0, 0.05) is 6.42 Å². The third kappa shape index (κ3) is 3.70. The molecule has 1 saturated carbocycles. The monoisotopic (exact) mass is 256 g/mol. The van der Waals surface area contributed by atoms with Gasteiger partial charge in [-0.2, -0.15) is 0 Å². The van der Waals surface area contributed by atoms with Gasteiger partial charge < -0.3 is 14.2 Å². The lowest BCUT2D eigenvalue weighted by Gasteiger charge is -2.21. The van der Waals surface area contributed by atoms with Crippen LogP contribution in [-0.2, 0) is 23.8 Å². The van der Waals surface area contributed by atoms with Crippen molar-refractivity contribution in [2.45, 2.75) is 63.3 Å². The summed E-state index contributed by atoms with van der Waals surface area (Å²) >= 11 is 0. The van der Waals surface area contributed by atoms with Crippen LogP contribution in [0.25, 0.3) is 0 Å². The average Bonchev–Trinajstić information content (AvgIpc) is 3.16. The number of methoxy groups -OCH3 is 1. The third-order valence-corrected chi connectivity index (χ3v) is 3.50. The summed E-state index contributed by atoms with van der Waals surface area (Å²) in [6.07, 6.45) is 5.80. The number of epoxide rings is 1. The van der Waals surface area contributed by atoms with Gasteiger partial charge >= 0.3 is 11.9 Å². The summed E-state index contributed by atoms with van der Waals surface area (Å²) in [5, 5.41) is 0. The number of carbonyl (C=O) groups is 2. The van der Waals surface area contributed by atoms with Gasteiger partial charge in [-0.3, -0.25) is 4.79 Å². The molecule has 0 spiro atoms. The van der Waals surface area contributed by atoms with Crippen LogP contribution in [0.1, 0.15) is 44.9 Å². The highest BCUT2D eigenvalue weighted by atomic mass is 16.6. The summed E-state index contributed by atoms with van der Waals surface area (Å²) in [7, 11) is 1.33. The molecule has 1 aliphatic heterocycles. The zero-order chi connectivity index (χ0) is 13.0. The van der Waals surface area contributed by atoms with Crippen LogP contribution in [0.4, 0.5) is 0 Å². The van der Waals surface area contributed by atoms with Crippen molar-refractivity contribution < 1.29 is 23.8 Å².